The van der Waals surface area contributed by atoms with Gasteiger partial charge in [0, 0.05) is 6.42 Å². The zero-order valence-corrected chi connectivity index (χ0v) is 10.9. The molecular weight excluding hydrogens is 204 g/mol. The van der Waals surface area contributed by atoms with Gasteiger partial charge in [0.25, 0.3) is 5.97 Å². The van der Waals surface area contributed by atoms with Gasteiger partial charge < -0.3 is 14.9 Å². The molecule has 3 unspecified atom stereocenters. The summed E-state index contributed by atoms with van der Waals surface area (Å²) in [6, 6.07) is 0. The summed E-state index contributed by atoms with van der Waals surface area (Å²) in [5.74, 6) is -0.353. The number of aliphatic hydroxyl groups is 2. The van der Waals surface area contributed by atoms with Gasteiger partial charge in [0.2, 0.25) is 0 Å². The lowest BCUT2D eigenvalue weighted by Crippen LogP contribution is -2.43. The molecule has 0 amide bonds. The van der Waals surface area contributed by atoms with E-state index in [2.05, 4.69) is 20.8 Å². The van der Waals surface area contributed by atoms with Crippen LogP contribution in [0.25, 0.3) is 0 Å². The lowest BCUT2D eigenvalue weighted by molar-refractivity contribution is -0.364. The Balaban J connectivity index is 2.64. The van der Waals surface area contributed by atoms with Gasteiger partial charge in [-0.05, 0) is 30.6 Å². The molecule has 0 aromatic heterocycles. The Morgan fingerprint density at radius 2 is 1.94 bits per heavy atom. The smallest absolute Gasteiger partial charge is 0.277 e. The summed E-state index contributed by atoms with van der Waals surface area (Å²) in [5.41, 5.74) is 0. The van der Waals surface area contributed by atoms with Gasteiger partial charge in [-0.2, -0.15) is 0 Å². The summed E-state index contributed by atoms with van der Waals surface area (Å²) >= 11 is 0. The largest absolute Gasteiger partial charge is 0.343 e. The second-order valence-corrected chi connectivity index (χ2v) is 5.58. The molecule has 1 rings (SSSR count). The summed E-state index contributed by atoms with van der Waals surface area (Å²) < 4.78 is 5.48. The Morgan fingerprint density at radius 3 is 2.44 bits per heavy atom. The van der Waals surface area contributed by atoms with Crippen molar-refractivity contribution in [2.45, 2.75) is 65.5 Å². The highest BCUT2D eigenvalue weighted by atomic mass is 16.8. The van der Waals surface area contributed by atoms with Crippen LogP contribution in [0.15, 0.2) is 0 Å². The molecule has 3 heteroatoms. The molecule has 0 bridgehead atoms. The standard InChI is InChI=1S/C13H26O3/c1-5-13(14,15)16-12-8-10(4)6-7-11(12)9(2)3/h9-12,14-15H,5-8H2,1-4H3. The predicted molar refractivity (Wildman–Crippen MR) is 63.7 cm³/mol. The monoisotopic (exact) mass is 230 g/mol. The molecule has 0 aliphatic heterocycles. The van der Waals surface area contributed by atoms with E-state index in [1.54, 1.807) is 6.92 Å². The van der Waals surface area contributed by atoms with Crippen molar-refractivity contribution in [2.24, 2.45) is 17.8 Å². The zero-order chi connectivity index (χ0) is 12.3. The molecule has 16 heavy (non-hydrogen) atoms. The minimum Gasteiger partial charge on any atom is -0.343 e. The number of rotatable bonds is 4. The van der Waals surface area contributed by atoms with Crippen LogP contribution >= 0.6 is 0 Å². The lowest BCUT2D eigenvalue weighted by Gasteiger charge is -2.39. The summed E-state index contributed by atoms with van der Waals surface area (Å²) in [6.45, 7) is 8.28. The second-order valence-electron chi connectivity index (χ2n) is 5.58. The van der Waals surface area contributed by atoms with Crippen LogP contribution in [0.2, 0.25) is 0 Å². The van der Waals surface area contributed by atoms with E-state index >= 15 is 0 Å². The maximum Gasteiger partial charge on any atom is 0.277 e. The van der Waals surface area contributed by atoms with Crippen molar-refractivity contribution < 1.29 is 14.9 Å². The number of hydrogen-bond acceptors (Lipinski definition) is 3. The van der Waals surface area contributed by atoms with E-state index in [0.29, 0.717) is 17.8 Å². The minimum atomic E-state index is -1.95. The molecule has 96 valence electrons. The molecule has 1 fully saturated rings. The minimum absolute atomic E-state index is 0.0151. The third-order valence-electron chi connectivity index (χ3n) is 3.76. The Morgan fingerprint density at radius 1 is 1.31 bits per heavy atom. The van der Waals surface area contributed by atoms with E-state index in [1.165, 1.54) is 6.42 Å². The molecule has 1 aliphatic rings. The SMILES string of the molecule is CCC(O)(O)OC1CC(C)CCC1C(C)C. The van der Waals surface area contributed by atoms with Crippen molar-refractivity contribution in [3.8, 4) is 0 Å². The third kappa shape index (κ3) is 3.72. The summed E-state index contributed by atoms with van der Waals surface area (Å²) in [6.07, 6.45) is 3.48. The van der Waals surface area contributed by atoms with E-state index < -0.39 is 5.97 Å². The highest BCUT2D eigenvalue weighted by molar-refractivity contribution is 4.82. The number of ether oxygens (including phenoxy) is 1. The van der Waals surface area contributed by atoms with Gasteiger partial charge in [0.15, 0.2) is 0 Å². The van der Waals surface area contributed by atoms with Crippen molar-refractivity contribution in [3.63, 3.8) is 0 Å². The van der Waals surface area contributed by atoms with Crippen LogP contribution in [-0.4, -0.2) is 22.3 Å². The van der Waals surface area contributed by atoms with Crippen LogP contribution in [-0.2, 0) is 4.74 Å². The summed E-state index contributed by atoms with van der Waals surface area (Å²) in [4.78, 5) is 0. The van der Waals surface area contributed by atoms with Gasteiger partial charge in [-0.25, -0.2) is 0 Å². The average molecular weight is 230 g/mol. The number of hydrogen-bond donors (Lipinski definition) is 2. The fourth-order valence-corrected chi connectivity index (χ4v) is 2.58. The van der Waals surface area contributed by atoms with Gasteiger partial charge in [0.05, 0.1) is 6.10 Å². The molecule has 1 aliphatic carbocycles. The highest BCUT2D eigenvalue weighted by Crippen LogP contribution is 2.36. The molecule has 0 aromatic rings. The molecule has 0 spiro atoms. The van der Waals surface area contributed by atoms with E-state index in [9.17, 15) is 10.2 Å². The topological polar surface area (TPSA) is 49.7 Å². The van der Waals surface area contributed by atoms with Gasteiger partial charge in [-0.15, -0.1) is 0 Å². The van der Waals surface area contributed by atoms with Crippen LogP contribution in [0.5, 0.6) is 0 Å². The zero-order valence-electron chi connectivity index (χ0n) is 10.9. The van der Waals surface area contributed by atoms with Crippen LogP contribution in [0.1, 0.15) is 53.4 Å². The first-order chi connectivity index (χ1) is 7.35. The van der Waals surface area contributed by atoms with Crippen LogP contribution < -0.4 is 0 Å². The first kappa shape index (κ1) is 13.9. The molecule has 0 radical (unpaired) electrons. The molecular formula is C13H26O3. The molecule has 0 heterocycles. The first-order valence-corrected chi connectivity index (χ1v) is 6.48. The maximum absolute atomic E-state index is 9.59. The fraction of sp³-hybridized carbons (Fsp3) is 1.00. The van der Waals surface area contributed by atoms with E-state index in [1.807, 2.05) is 0 Å². The molecule has 0 aromatic carbocycles. The Kier molecular flexibility index (Phi) is 4.77. The van der Waals surface area contributed by atoms with Gasteiger partial charge in [0.1, 0.15) is 0 Å². The lowest BCUT2D eigenvalue weighted by atomic mass is 9.75. The van der Waals surface area contributed by atoms with Crippen LogP contribution in [0.3, 0.4) is 0 Å². The first-order valence-electron chi connectivity index (χ1n) is 6.48. The van der Waals surface area contributed by atoms with E-state index in [-0.39, 0.29) is 12.5 Å². The molecule has 2 N–H and O–H groups in total. The van der Waals surface area contributed by atoms with Crippen molar-refractivity contribution in [3.05, 3.63) is 0 Å². The Labute approximate surface area is 98.8 Å². The predicted octanol–water partition coefficient (Wildman–Crippen LogP) is 2.51. The molecule has 3 atom stereocenters. The fourth-order valence-electron chi connectivity index (χ4n) is 2.58. The quantitative estimate of drug-likeness (QED) is 0.730. The summed E-state index contributed by atoms with van der Waals surface area (Å²) in [5, 5.41) is 19.2. The van der Waals surface area contributed by atoms with Crippen LogP contribution in [0.4, 0.5) is 0 Å². The second kappa shape index (κ2) is 5.48. The van der Waals surface area contributed by atoms with Crippen molar-refractivity contribution in [2.75, 3.05) is 0 Å². The van der Waals surface area contributed by atoms with E-state index in [0.717, 1.165) is 12.8 Å². The Hall–Kier alpha value is -0.120. The highest BCUT2D eigenvalue weighted by Gasteiger charge is 2.36. The molecule has 0 saturated heterocycles. The van der Waals surface area contributed by atoms with Gasteiger partial charge >= 0.3 is 0 Å². The van der Waals surface area contributed by atoms with Crippen molar-refractivity contribution >= 4 is 0 Å². The Bertz CT molecular complexity index is 213. The van der Waals surface area contributed by atoms with Crippen molar-refractivity contribution in [1.29, 1.82) is 0 Å². The van der Waals surface area contributed by atoms with Gasteiger partial charge in [-0.1, -0.05) is 34.1 Å². The normalized spacial score (nSPS) is 32.1. The van der Waals surface area contributed by atoms with E-state index in [4.69, 9.17) is 4.74 Å². The maximum atomic E-state index is 9.59. The summed E-state index contributed by atoms with van der Waals surface area (Å²) in [7, 11) is 0. The van der Waals surface area contributed by atoms with Gasteiger partial charge in [-0.3, -0.25) is 0 Å². The van der Waals surface area contributed by atoms with Crippen molar-refractivity contribution in [1.82, 2.24) is 0 Å². The molecule has 3 nitrogen and oxygen atoms in total. The third-order valence-corrected chi connectivity index (χ3v) is 3.76. The molecule has 1 saturated carbocycles. The average Bonchev–Trinajstić information content (AvgIpc) is 2.16. The van der Waals surface area contributed by atoms with Crippen LogP contribution in [0, 0.1) is 17.8 Å².